The van der Waals surface area contributed by atoms with Gasteiger partial charge in [0.05, 0.1) is 5.69 Å². The summed E-state index contributed by atoms with van der Waals surface area (Å²) in [5.74, 6) is 0.461. The minimum atomic E-state index is -0.136. The van der Waals surface area contributed by atoms with Gasteiger partial charge >= 0.3 is 0 Å². The normalized spacial score (nSPS) is 11.0. The van der Waals surface area contributed by atoms with Gasteiger partial charge in [-0.3, -0.25) is 15.1 Å². The third kappa shape index (κ3) is 5.77. The predicted octanol–water partition coefficient (Wildman–Crippen LogP) is 1.73. The highest BCUT2D eigenvalue weighted by Gasteiger charge is 2.03. The fourth-order valence-electron chi connectivity index (χ4n) is 2.22. The smallest absolute Gasteiger partial charge is 0.266 e. The van der Waals surface area contributed by atoms with Crippen molar-refractivity contribution in [3.05, 3.63) is 52.8 Å². The highest BCUT2D eigenvalue weighted by molar-refractivity contribution is 5.81. The SMILES string of the molecule is CCCNC(=NCCCn1nc(-c2ccccc2)ccc1=O)NC#N. The van der Waals surface area contributed by atoms with Crippen LogP contribution in [0.2, 0.25) is 0 Å². The minimum Gasteiger partial charge on any atom is -0.356 e. The van der Waals surface area contributed by atoms with Crippen LogP contribution in [0.25, 0.3) is 11.3 Å². The summed E-state index contributed by atoms with van der Waals surface area (Å²) in [5, 5.41) is 18.7. The summed E-state index contributed by atoms with van der Waals surface area (Å²) in [6, 6.07) is 13.0. The molecular formula is C18H22N6O. The van der Waals surface area contributed by atoms with E-state index in [4.69, 9.17) is 5.26 Å². The van der Waals surface area contributed by atoms with E-state index in [2.05, 4.69) is 20.7 Å². The van der Waals surface area contributed by atoms with Crippen molar-refractivity contribution in [2.24, 2.45) is 4.99 Å². The van der Waals surface area contributed by atoms with Crippen molar-refractivity contribution in [2.45, 2.75) is 26.3 Å². The Morgan fingerprint density at radius 1 is 1.28 bits per heavy atom. The second kappa shape index (κ2) is 9.88. The number of aliphatic imine (C=N–C) groups is 1. The van der Waals surface area contributed by atoms with E-state index in [0.29, 0.717) is 25.5 Å². The standard InChI is InChI=1S/C18H22N6O/c1-2-11-20-18(22-14-19)21-12-6-13-24-17(25)10-9-16(23-24)15-7-4-3-5-8-15/h3-5,7-10H,2,6,11-13H2,1H3,(H2,20,21,22). The molecule has 0 unspecified atom stereocenters. The van der Waals surface area contributed by atoms with Gasteiger partial charge in [0.1, 0.15) is 0 Å². The van der Waals surface area contributed by atoms with Crippen molar-refractivity contribution in [1.29, 1.82) is 5.26 Å². The highest BCUT2D eigenvalue weighted by Crippen LogP contribution is 2.13. The molecule has 0 saturated carbocycles. The molecular weight excluding hydrogens is 316 g/mol. The lowest BCUT2D eigenvalue weighted by molar-refractivity contribution is 0.556. The molecule has 0 spiro atoms. The molecule has 2 rings (SSSR count). The average Bonchev–Trinajstić information content (AvgIpc) is 2.65. The van der Waals surface area contributed by atoms with E-state index in [0.717, 1.165) is 24.2 Å². The van der Waals surface area contributed by atoms with Crippen LogP contribution in [0.15, 0.2) is 52.3 Å². The average molecular weight is 338 g/mol. The fourth-order valence-corrected chi connectivity index (χ4v) is 2.22. The summed E-state index contributed by atoms with van der Waals surface area (Å²) >= 11 is 0. The van der Waals surface area contributed by atoms with E-state index in [1.54, 1.807) is 6.07 Å². The fraction of sp³-hybridized carbons (Fsp3) is 0.333. The molecule has 0 bridgehead atoms. The lowest BCUT2D eigenvalue weighted by Crippen LogP contribution is -2.35. The zero-order valence-electron chi connectivity index (χ0n) is 14.3. The molecule has 0 aliphatic rings. The molecule has 2 N–H and O–H groups in total. The Kier molecular flexibility index (Phi) is 7.19. The summed E-state index contributed by atoms with van der Waals surface area (Å²) in [4.78, 5) is 16.3. The number of rotatable bonds is 7. The molecule has 0 aliphatic heterocycles. The van der Waals surface area contributed by atoms with Crippen LogP contribution in [-0.4, -0.2) is 28.8 Å². The molecule has 1 heterocycles. The highest BCUT2D eigenvalue weighted by atomic mass is 16.1. The molecule has 0 radical (unpaired) electrons. The van der Waals surface area contributed by atoms with E-state index in [-0.39, 0.29) is 5.56 Å². The number of hydrogen-bond acceptors (Lipinski definition) is 4. The van der Waals surface area contributed by atoms with Crippen LogP contribution in [0.5, 0.6) is 0 Å². The quantitative estimate of drug-likeness (QED) is 0.263. The first-order valence-corrected chi connectivity index (χ1v) is 8.31. The first-order valence-electron chi connectivity index (χ1n) is 8.31. The molecule has 1 aromatic carbocycles. The van der Waals surface area contributed by atoms with Crippen molar-refractivity contribution in [3.63, 3.8) is 0 Å². The molecule has 2 aromatic rings. The lowest BCUT2D eigenvalue weighted by atomic mass is 10.1. The Bertz CT molecular complexity index is 791. The Balaban J connectivity index is 1.98. The van der Waals surface area contributed by atoms with Crippen molar-refractivity contribution in [1.82, 2.24) is 20.4 Å². The van der Waals surface area contributed by atoms with Gasteiger partial charge in [-0.2, -0.15) is 10.4 Å². The molecule has 7 heteroatoms. The second-order valence-corrected chi connectivity index (χ2v) is 5.39. The molecule has 0 fully saturated rings. The van der Waals surface area contributed by atoms with Crippen molar-refractivity contribution in [3.8, 4) is 17.5 Å². The van der Waals surface area contributed by atoms with E-state index < -0.39 is 0 Å². The molecule has 0 saturated heterocycles. The summed E-state index contributed by atoms with van der Waals surface area (Å²) in [5.41, 5.74) is 1.60. The Hall–Kier alpha value is -3.14. The van der Waals surface area contributed by atoms with Crippen LogP contribution in [0.1, 0.15) is 19.8 Å². The van der Waals surface area contributed by atoms with E-state index in [1.165, 1.54) is 10.7 Å². The molecule has 7 nitrogen and oxygen atoms in total. The number of aromatic nitrogens is 2. The first-order chi connectivity index (χ1) is 12.2. The van der Waals surface area contributed by atoms with Crippen LogP contribution in [-0.2, 0) is 6.54 Å². The van der Waals surface area contributed by atoms with Gasteiger partial charge in [-0.1, -0.05) is 37.3 Å². The summed E-state index contributed by atoms with van der Waals surface area (Å²) in [6.45, 7) is 3.74. The van der Waals surface area contributed by atoms with Gasteiger partial charge in [-0.15, -0.1) is 0 Å². The molecule has 130 valence electrons. The molecule has 1 aromatic heterocycles. The number of nitrogens with one attached hydrogen (secondary N) is 2. The Labute approximate surface area is 147 Å². The number of benzene rings is 1. The molecule has 25 heavy (non-hydrogen) atoms. The topological polar surface area (TPSA) is 95.1 Å². The molecule has 0 amide bonds. The zero-order chi connectivity index (χ0) is 17.9. The molecule has 0 aliphatic carbocycles. The largest absolute Gasteiger partial charge is 0.356 e. The summed E-state index contributed by atoms with van der Waals surface area (Å²) in [6.07, 6.45) is 3.45. The first kappa shape index (κ1) is 18.2. The van der Waals surface area contributed by atoms with Gasteiger partial charge in [-0.25, -0.2) is 4.68 Å². The number of hydrogen-bond donors (Lipinski definition) is 2. The van der Waals surface area contributed by atoms with Crippen molar-refractivity contribution >= 4 is 5.96 Å². The number of guanidine groups is 1. The third-order valence-electron chi connectivity index (χ3n) is 3.45. The maximum absolute atomic E-state index is 12.0. The van der Waals surface area contributed by atoms with Crippen LogP contribution in [0.4, 0.5) is 0 Å². The van der Waals surface area contributed by atoms with Crippen molar-refractivity contribution in [2.75, 3.05) is 13.1 Å². The lowest BCUT2D eigenvalue weighted by Gasteiger charge is -2.08. The van der Waals surface area contributed by atoms with E-state index in [9.17, 15) is 4.79 Å². The van der Waals surface area contributed by atoms with Crippen LogP contribution in [0, 0.1) is 11.5 Å². The van der Waals surface area contributed by atoms with Crippen LogP contribution >= 0.6 is 0 Å². The Morgan fingerprint density at radius 3 is 2.80 bits per heavy atom. The maximum Gasteiger partial charge on any atom is 0.266 e. The monoisotopic (exact) mass is 338 g/mol. The Morgan fingerprint density at radius 2 is 2.08 bits per heavy atom. The number of aryl methyl sites for hydroxylation is 1. The summed E-state index contributed by atoms with van der Waals surface area (Å²) in [7, 11) is 0. The summed E-state index contributed by atoms with van der Waals surface area (Å²) < 4.78 is 1.45. The van der Waals surface area contributed by atoms with Crippen molar-refractivity contribution < 1.29 is 0 Å². The van der Waals surface area contributed by atoms with Gasteiger partial charge in [0.15, 0.2) is 6.19 Å². The number of nitrogens with zero attached hydrogens (tertiary/aromatic N) is 4. The van der Waals surface area contributed by atoms with Gasteiger partial charge < -0.3 is 5.32 Å². The second-order valence-electron chi connectivity index (χ2n) is 5.39. The van der Waals surface area contributed by atoms with Crippen LogP contribution < -0.4 is 16.2 Å². The number of nitriles is 1. The predicted molar refractivity (Wildman–Crippen MR) is 97.9 cm³/mol. The minimum absolute atomic E-state index is 0.136. The van der Waals surface area contributed by atoms with Gasteiger partial charge in [-0.05, 0) is 18.9 Å². The van der Waals surface area contributed by atoms with Gasteiger partial charge in [0.25, 0.3) is 5.56 Å². The third-order valence-corrected chi connectivity index (χ3v) is 3.45. The van der Waals surface area contributed by atoms with Crippen LogP contribution in [0.3, 0.4) is 0 Å². The van der Waals surface area contributed by atoms with E-state index in [1.807, 2.05) is 43.4 Å². The van der Waals surface area contributed by atoms with E-state index >= 15 is 0 Å². The van der Waals surface area contributed by atoms with Gasteiger partial charge in [0, 0.05) is 31.3 Å². The van der Waals surface area contributed by atoms with Gasteiger partial charge in [0.2, 0.25) is 5.96 Å². The maximum atomic E-state index is 12.0. The molecule has 0 atom stereocenters. The zero-order valence-corrected chi connectivity index (χ0v) is 14.3.